The number of hydrogen-bond donors (Lipinski definition) is 2. The fraction of sp³-hybridized carbons (Fsp3) is 0.323. The van der Waals surface area contributed by atoms with Crippen molar-refractivity contribution in [1.29, 1.82) is 0 Å². The molecule has 234 valence electrons. The highest BCUT2D eigenvalue weighted by atomic mass is 35.5. The zero-order valence-corrected chi connectivity index (χ0v) is 26.8. The Labute approximate surface area is 273 Å². The van der Waals surface area contributed by atoms with Crippen LogP contribution < -0.4 is 9.47 Å². The van der Waals surface area contributed by atoms with Crippen LogP contribution in [-0.2, 0) is 16.0 Å². The lowest BCUT2D eigenvalue weighted by Gasteiger charge is -2.19. The van der Waals surface area contributed by atoms with Crippen LogP contribution in [0.1, 0.15) is 42.1 Å². The number of aromatic nitrogens is 1. The zero-order valence-electron chi connectivity index (χ0n) is 23.7. The fourth-order valence-corrected chi connectivity index (χ4v) is 5.52. The summed E-state index contributed by atoms with van der Waals surface area (Å²) < 4.78 is 21.8. The van der Waals surface area contributed by atoms with Gasteiger partial charge >= 0.3 is 5.97 Å². The normalized spacial score (nSPS) is 12.6. The van der Waals surface area contributed by atoms with E-state index in [2.05, 4.69) is 9.72 Å². The average Bonchev–Trinajstić information content (AvgIpc) is 3.42. The third-order valence-corrected chi connectivity index (χ3v) is 7.83. The van der Waals surface area contributed by atoms with E-state index in [-0.39, 0.29) is 81.7 Å². The Morgan fingerprint density at radius 2 is 1.41 bits per heavy atom. The molecule has 2 N–H and O–H groups in total. The van der Waals surface area contributed by atoms with Crippen LogP contribution in [0.5, 0.6) is 11.5 Å². The molecule has 2 atom stereocenters. The number of nitrogens with zero attached hydrogens (tertiary/aromatic N) is 1. The molecule has 0 aliphatic rings. The molecule has 0 radical (unpaired) electrons. The van der Waals surface area contributed by atoms with E-state index in [1.54, 1.807) is 42.5 Å². The number of ketones is 1. The maximum atomic E-state index is 11.7. The maximum Gasteiger partial charge on any atom is 0.305 e. The molecule has 3 aromatic carbocycles. The van der Waals surface area contributed by atoms with Crippen LogP contribution in [-0.4, -0.2) is 59.5 Å². The molecule has 0 unspecified atom stereocenters. The predicted molar refractivity (Wildman–Crippen MR) is 169 cm³/mol. The molecule has 0 saturated heterocycles. The molecule has 0 aliphatic heterocycles. The summed E-state index contributed by atoms with van der Waals surface area (Å²) in [5, 5.41) is 21.8. The van der Waals surface area contributed by atoms with Gasteiger partial charge in [-0.15, -0.1) is 0 Å². The number of Topliss-reactive ketones (excluding diaryl/α,β-unsaturated/α-hetero) is 1. The van der Waals surface area contributed by atoms with Crippen LogP contribution in [0.25, 0.3) is 22.6 Å². The largest absolute Gasteiger partial charge is 0.490 e. The van der Waals surface area contributed by atoms with Crippen LogP contribution in [0.3, 0.4) is 0 Å². The van der Waals surface area contributed by atoms with Gasteiger partial charge in [-0.05, 0) is 61.4 Å². The Balaban J connectivity index is 1.27. The van der Waals surface area contributed by atoms with E-state index < -0.39 is 12.2 Å². The fourth-order valence-electron chi connectivity index (χ4n) is 4.28. The first-order chi connectivity index (χ1) is 21.0. The minimum atomic E-state index is -1.12. The number of aliphatic hydroxyl groups is 2. The number of hydrogen-bond acceptors (Lipinski definition) is 9. The highest BCUT2D eigenvalue weighted by Crippen LogP contribution is 2.38. The summed E-state index contributed by atoms with van der Waals surface area (Å²) in [6.45, 7) is 1.52. The van der Waals surface area contributed by atoms with E-state index in [0.29, 0.717) is 28.6 Å². The molecule has 0 fully saturated rings. The SMILES string of the molecule is COC(=O)CCc1cc(Cl)c(OCC[C@@H](O)[C@H](O)CCOc2c(Cl)cc(-c3nc4ccc(C(C)=O)cc4o3)cc2Cl)c(Cl)c1. The standard InChI is InChI=1S/C31H29Cl4NO8/c1-16(37)18-4-5-24-27(15-18)44-31(36-24)19-13-22(34)30(23(35)14-19)43-10-8-26(39)25(38)7-9-42-29-20(32)11-17(12-21(29)33)3-6-28(40)41-2/h4-5,11-15,25-26,38-39H,3,6-10H2,1-2H3/t25-,26-/m1/s1. The number of rotatable bonds is 14. The minimum absolute atomic E-state index is 0.0132. The molecule has 0 aliphatic carbocycles. The number of esters is 1. The molecule has 0 bridgehead atoms. The van der Waals surface area contributed by atoms with Gasteiger partial charge in [-0.3, -0.25) is 9.59 Å². The smallest absolute Gasteiger partial charge is 0.305 e. The number of fused-ring (bicyclic) bond motifs is 1. The Hall–Kier alpha value is -3.05. The van der Waals surface area contributed by atoms with Gasteiger partial charge in [0.05, 0.1) is 52.6 Å². The van der Waals surface area contributed by atoms with Crippen molar-refractivity contribution in [3.8, 4) is 23.0 Å². The lowest BCUT2D eigenvalue weighted by Crippen LogP contribution is -2.29. The Morgan fingerprint density at radius 1 is 0.864 bits per heavy atom. The number of benzene rings is 3. The van der Waals surface area contributed by atoms with Crippen molar-refractivity contribution in [3.63, 3.8) is 0 Å². The second-order valence-electron chi connectivity index (χ2n) is 9.90. The summed E-state index contributed by atoms with van der Waals surface area (Å²) in [4.78, 5) is 27.5. The quantitative estimate of drug-likeness (QED) is 0.103. The highest BCUT2D eigenvalue weighted by molar-refractivity contribution is 6.38. The van der Waals surface area contributed by atoms with Crippen LogP contribution in [0.4, 0.5) is 0 Å². The predicted octanol–water partition coefficient (Wildman–Crippen LogP) is 7.38. The van der Waals surface area contributed by atoms with Crippen molar-refractivity contribution in [3.05, 3.63) is 73.7 Å². The van der Waals surface area contributed by atoms with E-state index in [1.807, 2.05) is 0 Å². The number of carbonyl (C=O) groups excluding carboxylic acids is 2. The number of ether oxygens (including phenoxy) is 3. The molecule has 4 aromatic rings. The van der Waals surface area contributed by atoms with Gasteiger partial charge in [-0.1, -0.05) is 46.4 Å². The first kappa shape index (κ1) is 33.8. The highest BCUT2D eigenvalue weighted by Gasteiger charge is 2.20. The number of methoxy groups -OCH3 is 1. The van der Waals surface area contributed by atoms with E-state index in [9.17, 15) is 19.8 Å². The maximum absolute atomic E-state index is 11.7. The van der Waals surface area contributed by atoms with Crippen molar-refractivity contribution >= 4 is 69.3 Å². The molecule has 1 aromatic heterocycles. The molecular weight excluding hydrogens is 656 g/mol. The first-order valence-electron chi connectivity index (χ1n) is 13.5. The summed E-state index contributed by atoms with van der Waals surface area (Å²) >= 11 is 25.5. The van der Waals surface area contributed by atoms with Gasteiger partial charge in [0.15, 0.2) is 22.9 Å². The van der Waals surface area contributed by atoms with Crippen molar-refractivity contribution in [2.45, 2.75) is 44.8 Å². The van der Waals surface area contributed by atoms with Crippen LogP contribution in [0.15, 0.2) is 46.9 Å². The second kappa shape index (κ2) is 15.3. The van der Waals surface area contributed by atoms with E-state index >= 15 is 0 Å². The van der Waals surface area contributed by atoms with Crippen LogP contribution in [0, 0.1) is 0 Å². The monoisotopic (exact) mass is 683 g/mol. The molecule has 13 heteroatoms. The Morgan fingerprint density at radius 3 is 1.93 bits per heavy atom. The molecule has 9 nitrogen and oxygen atoms in total. The molecule has 4 rings (SSSR count). The Bertz CT molecular complexity index is 1610. The third kappa shape index (κ3) is 8.56. The number of aliphatic hydroxyl groups excluding tert-OH is 2. The molecule has 1 heterocycles. The van der Waals surface area contributed by atoms with Gasteiger partial charge in [0.1, 0.15) is 5.52 Å². The summed E-state index contributed by atoms with van der Waals surface area (Å²) in [6, 6.07) is 11.5. The molecular formula is C31H29Cl4NO8. The van der Waals surface area contributed by atoms with E-state index in [1.165, 1.54) is 14.0 Å². The van der Waals surface area contributed by atoms with Gasteiger partial charge in [0.25, 0.3) is 0 Å². The lowest BCUT2D eigenvalue weighted by molar-refractivity contribution is -0.140. The molecule has 44 heavy (non-hydrogen) atoms. The molecule has 0 saturated carbocycles. The minimum Gasteiger partial charge on any atom is -0.490 e. The first-order valence-corrected chi connectivity index (χ1v) is 15.1. The summed E-state index contributed by atoms with van der Waals surface area (Å²) in [5.74, 6) is 0.287. The molecule has 0 spiro atoms. The van der Waals surface area contributed by atoms with Gasteiger partial charge in [-0.2, -0.15) is 0 Å². The lowest BCUT2D eigenvalue weighted by atomic mass is 10.1. The summed E-state index contributed by atoms with van der Waals surface area (Å²) in [5.41, 5.74) is 2.80. The average molecular weight is 685 g/mol. The number of aryl methyl sites for hydroxylation is 1. The van der Waals surface area contributed by atoms with Crippen LogP contribution >= 0.6 is 46.4 Å². The summed E-state index contributed by atoms with van der Waals surface area (Å²) in [6.07, 6.45) is -1.48. The van der Waals surface area contributed by atoms with Gasteiger partial charge in [-0.25, -0.2) is 4.98 Å². The summed E-state index contributed by atoms with van der Waals surface area (Å²) in [7, 11) is 1.32. The van der Waals surface area contributed by atoms with Crippen LogP contribution in [0.2, 0.25) is 20.1 Å². The van der Waals surface area contributed by atoms with Gasteiger partial charge < -0.3 is 28.8 Å². The van der Waals surface area contributed by atoms with Crippen molar-refractivity contribution in [2.75, 3.05) is 20.3 Å². The van der Waals surface area contributed by atoms with E-state index in [0.717, 1.165) is 5.56 Å². The number of oxazole rings is 1. The third-order valence-electron chi connectivity index (χ3n) is 6.71. The topological polar surface area (TPSA) is 128 Å². The van der Waals surface area contributed by atoms with Crippen molar-refractivity contribution in [1.82, 2.24) is 4.98 Å². The zero-order chi connectivity index (χ0) is 32.0. The van der Waals surface area contributed by atoms with Gasteiger partial charge in [0.2, 0.25) is 5.89 Å². The van der Waals surface area contributed by atoms with Crippen molar-refractivity contribution < 1.29 is 38.4 Å². The van der Waals surface area contributed by atoms with E-state index in [4.69, 9.17) is 60.3 Å². The van der Waals surface area contributed by atoms with Crippen molar-refractivity contribution in [2.24, 2.45) is 0 Å². The number of carbonyl (C=O) groups is 2. The second-order valence-corrected chi connectivity index (χ2v) is 11.5. The molecule has 0 amide bonds. The number of halogens is 4. The Kier molecular flexibility index (Phi) is 11.8. The van der Waals surface area contributed by atoms with Gasteiger partial charge in [0, 0.05) is 30.4 Å².